The molecular weight excluding hydrogens is 304 g/mol. The third kappa shape index (κ3) is 3.27. The molecule has 0 radical (unpaired) electrons. The van der Waals surface area contributed by atoms with Crippen molar-refractivity contribution in [2.45, 2.75) is 40.0 Å². The summed E-state index contributed by atoms with van der Waals surface area (Å²) in [5.74, 6) is 0.568. The van der Waals surface area contributed by atoms with Crippen LogP contribution in [0.4, 0.5) is 10.7 Å². The van der Waals surface area contributed by atoms with Crippen LogP contribution in [0.3, 0.4) is 0 Å². The van der Waals surface area contributed by atoms with Crippen LogP contribution in [0, 0.1) is 11.3 Å². The number of carbonyl (C=O) groups excluding carboxylic acids is 1. The summed E-state index contributed by atoms with van der Waals surface area (Å²) < 4.78 is 0. The van der Waals surface area contributed by atoms with Gasteiger partial charge in [0.05, 0.1) is 10.6 Å². The lowest BCUT2D eigenvalue weighted by atomic mass is 9.72. The molecule has 1 aromatic carbocycles. The van der Waals surface area contributed by atoms with Crippen molar-refractivity contribution in [2.24, 2.45) is 11.3 Å². The van der Waals surface area contributed by atoms with Crippen LogP contribution >= 0.6 is 11.3 Å². The second-order valence-electron chi connectivity index (χ2n) is 7.37. The molecule has 3 rings (SSSR count). The average Bonchev–Trinajstić information content (AvgIpc) is 2.82. The number of hydrogen-bond acceptors (Lipinski definition) is 3. The topological polar surface area (TPSA) is 55.1 Å². The molecule has 0 spiro atoms. The number of rotatable bonds is 2. The first-order valence-electron chi connectivity index (χ1n) is 8.12. The fraction of sp³-hybridized carbons (Fsp3) is 0.421. The zero-order chi connectivity index (χ0) is 16.6. The van der Waals surface area contributed by atoms with Gasteiger partial charge in [-0.15, -0.1) is 11.3 Å². The van der Waals surface area contributed by atoms with E-state index in [0.29, 0.717) is 21.9 Å². The number of fused-ring (bicyclic) bond motifs is 1. The van der Waals surface area contributed by atoms with Gasteiger partial charge in [0.15, 0.2) is 0 Å². The zero-order valence-corrected chi connectivity index (χ0v) is 14.8. The maximum atomic E-state index is 12.7. The first-order chi connectivity index (χ1) is 10.9. The van der Waals surface area contributed by atoms with E-state index in [1.807, 2.05) is 30.3 Å². The maximum absolute atomic E-state index is 12.7. The van der Waals surface area contributed by atoms with E-state index >= 15 is 0 Å². The second kappa shape index (κ2) is 6.00. The van der Waals surface area contributed by atoms with Gasteiger partial charge in [-0.05, 0) is 48.3 Å². The molecule has 1 atom stereocenters. The molecule has 1 amide bonds. The second-order valence-corrected chi connectivity index (χ2v) is 8.51. The number of para-hydroxylation sites is 1. The van der Waals surface area contributed by atoms with Crippen molar-refractivity contribution >= 4 is 27.9 Å². The molecule has 3 N–H and O–H groups in total. The van der Waals surface area contributed by atoms with Gasteiger partial charge in [0.2, 0.25) is 0 Å². The number of amides is 1. The molecule has 0 fully saturated rings. The highest BCUT2D eigenvalue weighted by molar-refractivity contribution is 7.16. The SMILES string of the molecule is CC(C)(C)C1CCc2c(sc(N)c2C(=O)Nc2ccccc2)C1. The smallest absolute Gasteiger partial charge is 0.258 e. The third-order valence-electron chi connectivity index (χ3n) is 4.78. The molecular formula is C19H24N2OS. The molecule has 1 aromatic heterocycles. The van der Waals surface area contributed by atoms with Crippen LogP contribution in [0.25, 0.3) is 0 Å². The van der Waals surface area contributed by atoms with Crippen LogP contribution in [0.15, 0.2) is 30.3 Å². The lowest BCUT2D eigenvalue weighted by molar-refractivity contribution is 0.102. The molecule has 1 aliphatic carbocycles. The monoisotopic (exact) mass is 328 g/mol. The normalized spacial score (nSPS) is 17.6. The van der Waals surface area contributed by atoms with E-state index in [9.17, 15) is 4.79 Å². The minimum Gasteiger partial charge on any atom is -0.390 e. The Bertz CT molecular complexity index is 713. The molecule has 0 bridgehead atoms. The summed E-state index contributed by atoms with van der Waals surface area (Å²) in [4.78, 5) is 14.0. The number of nitrogen functional groups attached to an aromatic ring is 1. The number of nitrogens with one attached hydrogen (secondary N) is 1. The van der Waals surface area contributed by atoms with Crippen molar-refractivity contribution in [3.8, 4) is 0 Å². The van der Waals surface area contributed by atoms with E-state index in [1.165, 1.54) is 10.4 Å². The van der Waals surface area contributed by atoms with Gasteiger partial charge in [0, 0.05) is 10.6 Å². The lowest BCUT2D eigenvalue weighted by Crippen LogP contribution is -2.27. The van der Waals surface area contributed by atoms with E-state index in [0.717, 1.165) is 24.9 Å². The number of anilines is 2. The number of carbonyl (C=O) groups is 1. The Morgan fingerprint density at radius 1 is 1.26 bits per heavy atom. The summed E-state index contributed by atoms with van der Waals surface area (Å²) in [5.41, 5.74) is 9.15. The molecule has 23 heavy (non-hydrogen) atoms. The van der Waals surface area contributed by atoms with E-state index in [1.54, 1.807) is 11.3 Å². The number of hydrogen-bond donors (Lipinski definition) is 2. The summed E-state index contributed by atoms with van der Waals surface area (Å²) >= 11 is 1.59. The van der Waals surface area contributed by atoms with E-state index in [4.69, 9.17) is 5.73 Å². The summed E-state index contributed by atoms with van der Waals surface area (Å²) in [6.07, 6.45) is 3.10. The van der Waals surface area contributed by atoms with Gasteiger partial charge in [-0.1, -0.05) is 39.0 Å². The van der Waals surface area contributed by atoms with Crippen LogP contribution in [-0.2, 0) is 12.8 Å². The van der Waals surface area contributed by atoms with Crippen LogP contribution in [0.5, 0.6) is 0 Å². The van der Waals surface area contributed by atoms with Gasteiger partial charge in [-0.3, -0.25) is 4.79 Å². The van der Waals surface area contributed by atoms with Crippen molar-refractivity contribution in [3.63, 3.8) is 0 Å². The molecule has 3 nitrogen and oxygen atoms in total. The highest BCUT2D eigenvalue weighted by Crippen LogP contribution is 2.43. The van der Waals surface area contributed by atoms with Crippen LogP contribution in [0.1, 0.15) is 48.0 Å². The van der Waals surface area contributed by atoms with Crippen molar-refractivity contribution in [3.05, 3.63) is 46.3 Å². The van der Waals surface area contributed by atoms with Crippen molar-refractivity contribution in [2.75, 3.05) is 11.1 Å². The molecule has 0 saturated heterocycles. The van der Waals surface area contributed by atoms with Gasteiger partial charge in [0.25, 0.3) is 5.91 Å². The fourth-order valence-corrected chi connectivity index (χ4v) is 4.51. The van der Waals surface area contributed by atoms with E-state index in [-0.39, 0.29) is 5.91 Å². The molecule has 122 valence electrons. The molecule has 4 heteroatoms. The minimum atomic E-state index is -0.0830. The Balaban J connectivity index is 1.85. The fourth-order valence-electron chi connectivity index (χ4n) is 3.31. The first-order valence-corrected chi connectivity index (χ1v) is 8.94. The molecule has 1 heterocycles. The van der Waals surface area contributed by atoms with Crippen molar-refractivity contribution in [1.82, 2.24) is 0 Å². The predicted octanol–water partition coefficient (Wildman–Crippen LogP) is 4.73. The van der Waals surface area contributed by atoms with Gasteiger partial charge >= 0.3 is 0 Å². The van der Waals surface area contributed by atoms with Gasteiger partial charge in [-0.2, -0.15) is 0 Å². The van der Waals surface area contributed by atoms with Crippen LogP contribution in [-0.4, -0.2) is 5.91 Å². The summed E-state index contributed by atoms with van der Waals surface area (Å²) in [7, 11) is 0. The summed E-state index contributed by atoms with van der Waals surface area (Å²) in [6.45, 7) is 6.88. The quantitative estimate of drug-likeness (QED) is 0.837. The minimum absolute atomic E-state index is 0.0830. The maximum Gasteiger partial charge on any atom is 0.258 e. The Kier molecular flexibility index (Phi) is 4.19. The number of thiophene rings is 1. The first kappa shape index (κ1) is 16.1. The third-order valence-corrected chi connectivity index (χ3v) is 5.86. The molecule has 0 aliphatic heterocycles. The Morgan fingerprint density at radius 3 is 2.61 bits per heavy atom. The summed E-state index contributed by atoms with van der Waals surface area (Å²) in [6, 6.07) is 9.54. The zero-order valence-electron chi connectivity index (χ0n) is 14.0. The van der Waals surface area contributed by atoms with Gasteiger partial charge in [-0.25, -0.2) is 0 Å². The van der Waals surface area contributed by atoms with Crippen molar-refractivity contribution < 1.29 is 4.79 Å². The van der Waals surface area contributed by atoms with Gasteiger partial charge < -0.3 is 11.1 Å². The molecule has 2 aromatic rings. The highest BCUT2D eigenvalue weighted by atomic mass is 32.1. The Hall–Kier alpha value is -1.81. The standard InChI is InChI=1S/C19H24N2OS/c1-19(2,3)12-9-10-14-15(11-12)23-17(20)16(14)18(22)21-13-7-5-4-6-8-13/h4-8,12H,9-11,20H2,1-3H3,(H,21,22). The van der Waals surface area contributed by atoms with E-state index < -0.39 is 0 Å². The molecule has 1 unspecified atom stereocenters. The summed E-state index contributed by atoms with van der Waals surface area (Å²) in [5, 5.41) is 3.62. The van der Waals surface area contributed by atoms with Crippen LogP contribution < -0.4 is 11.1 Å². The largest absolute Gasteiger partial charge is 0.390 e. The highest BCUT2D eigenvalue weighted by Gasteiger charge is 2.33. The van der Waals surface area contributed by atoms with Crippen molar-refractivity contribution in [1.29, 1.82) is 0 Å². The molecule has 1 aliphatic rings. The number of nitrogens with two attached hydrogens (primary N) is 1. The predicted molar refractivity (Wildman–Crippen MR) is 98.1 cm³/mol. The molecule has 0 saturated carbocycles. The van der Waals surface area contributed by atoms with E-state index in [2.05, 4.69) is 26.1 Å². The van der Waals surface area contributed by atoms with Crippen LogP contribution in [0.2, 0.25) is 0 Å². The Morgan fingerprint density at radius 2 is 1.96 bits per heavy atom. The Labute approximate surface area is 141 Å². The average molecular weight is 328 g/mol. The van der Waals surface area contributed by atoms with Gasteiger partial charge in [0.1, 0.15) is 0 Å². The lowest BCUT2D eigenvalue weighted by Gasteiger charge is -2.33. The number of benzene rings is 1.